The summed E-state index contributed by atoms with van der Waals surface area (Å²) in [7, 11) is 0. The van der Waals surface area contributed by atoms with Crippen LogP contribution in [0.5, 0.6) is 5.75 Å². The molecule has 6 nitrogen and oxygen atoms in total. The van der Waals surface area contributed by atoms with E-state index in [-0.39, 0.29) is 24.5 Å². The smallest absolute Gasteiger partial charge is 0.253 e. The first-order chi connectivity index (χ1) is 14.7. The number of hydrogen-bond acceptors (Lipinski definition) is 5. The molecular weight excluding hydrogens is 378 g/mol. The Balaban J connectivity index is 1.25. The molecule has 0 radical (unpaired) electrons. The van der Waals surface area contributed by atoms with Crippen molar-refractivity contribution in [3.63, 3.8) is 0 Å². The third kappa shape index (κ3) is 5.37. The molecule has 2 fully saturated rings. The zero-order valence-corrected chi connectivity index (χ0v) is 17.4. The van der Waals surface area contributed by atoms with Gasteiger partial charge in [-0.25, -0.2) is 0 Å². The number of pyridine rings is 1. The molecule has 1 aromatic heterocycles. The van der Waals surface area contributed by atoms with E-state index in [0.29, 0.717) is 12.1 Å². The molecule has 4 rings (SSSR count). The lowest BCUT2D eigenvalue weighted by atomic mass is 9.98. The molecule has 2 aliphatic heterocycles. The van der Waals surface area contributed by atoms with Crippen molar-refractivity contribution in [3.05, 3.63) is 59.9 Å². The monoisotopic (exact) mass is 409 g/mol. The average Bonchev–Trinajstić information content (AvgIpc) is 2.81. The molecule has 0 spiro atoms. The highest BCUT2D eigenvalue weighted by Crippen LogP contribution is 2.22. The number of ether oxygens (including phenoxy) is 1. The van der Waals surface area contributed by atoms with Gasteiger partial charge in [0.2, 0.25) is 0 Å². The van der Waals surface area contributed by atoms with Crippen molar-refractivity contribution in [3.8, 4) is 5.75 Å². The summed E-state index contributed by atoms with van der Waals surface area (Å²) in [6, 6.07) is 13.6. The molecule has 1 aromatic carbocycles. The fourth-order valence-electron chi connectivity index (χ4n) is 4.36. The highest BCUT2D eigenvalue weighted by molar-refractivity contribution is 5.94. The first kappa shape index (κ1) is 20.8. The number of carbonyl (C=O) groups excluding carboxylic acids is 1. The summed E-state index contributed by atoms with van der Waals surface area (Å²) in [5.74, 6) is 1.07. The number of carbonyl (C=O) groups is 1. The topological polar surface area (TPSA) is 65.9 Å². The van der Waals surface area contributed by atoms with E-state index in [4.69, 9.17) is 4.74 Å². The minimum Gasteiger partial charge on any atom is -0.490 e. The molecule has 1 atom stereocenters. The van der Waals surface area contributed by atoms with Gasteiger partial charge in [0, 0.05) is 51.1 Å². The van der Waals surface area contributed by atoms with E-state index in [1.165, 1.54) is 0 Å². The van der Waals surface area contributed by atoms with Crippen LogP contribution in [-0.4, -0.2) is 64.7 Å². The first-order valence-electron chi connectivity index (χ1n) is 11.0. The van der Waals surface area contributed by atoms with Crippen LogP contribution < -0.4 is 4.74 Å². The molecule has 160 valence electrons. The van der Waals surface area contributed by atoms with Crippen molar-refractivity contribution in [2.45, 2.75) is 38.3 Å². The van der Waals surface area contributed by atoms with Crippen LogP contribution in [0.2, 0.25) is 0 Å². The second-order valence-electron chi connectivity index (χ2n) is 8.38. The van der Waals surface area contributed by atoms with Crippen LogP contribution in [0, 0.1) is 5.92 Å². The maximum absolute atomic E-state index is 12.7. The average molecular weight is 410 g/mol. The van der Waals surface area contributed by atoms with Gasteiger partial charge in [-0.1, -0.05) is 6.07 Å². The summed E-state index contributed by atoms with van der Waals surface area (Å²) in [6.07, 6.45) is 5.98. The molecule has 1 amide bonds. The second-order valence-corrected chi connectivity index (χ2v) is 8.38. The summed E-state index contributed by atoms with van der Waals surface area (Å²) >= 11 is 0. The number of aliphatic hydroxyl groups is 1. The number of rotatable bonds is 6. The van der Waals surface area contributed by atoms with Crippen LogP contribution in [0.1, 0.15) is 41.7 Å². The Hall–Kier alpha value is -2.44. The lowest BCUT2D eigenvalue weighted by Crippen LogP contribution is -2.40. The maximum Gasteiger partial charge on any atom is 0.253 e. The summed E-state index contributed by atoms with van der Waals surface area (Å²) in [4.78, 5) is 21.4. The van der Waals surface area contributed by atoms with Crippen LogP contribution in [0.3, 0.4) is 0 Å². The predicted octanol–water partition coefficient (Wildman–Crippen LogP) is 2.97. The Morgan fingerprint density at radius 1 is 1.07 bits per heavy atom. The minimum atomic E-state index is 0.0440. The van der Waals surface area contributed by atoms with Gasteiger partial charge in [0.25, 0.3) is 5.91 Å². The number of amides is 1. The Bertz CT molecular complexity index is 804. The summed E-state index contributed by atoms with van der Waals surface area (Å²) in [5.41, 5.74) is 1.79. The number of benzene rings is 1. The van der Waals surface area contributed by atoms with Gasteiger partial charge < -0.3 is 14.7 Å². The second kappa shape index (κ2) is 10.0. The number of piperidine rings is 2. The maximum atomic E-state index is 12.7. The van der Waals surface area contributed by atoms with Gasteiger partial charge in [0.05, 0.1) is 5.69 Å². The van der Waals surface area contributed by atoms with Crippen molar-refractivity contribution >= 4 is 5.91 Å². The Morgan fingerprint density at radius 2 is 1.87 bits per heavy atom. The Kier molecular flexibility index (Phi) is 6.97. The van der Waals surface area contributed by atoms with E-state index in [0.717, 1.165) is 63.3 Å². The van der Waals surface area contributed by atoms with Gasteiger partial charge in [0.1, 0.15) is 11.9 Å². The van der Waals surface area contributed by atoms with Crippen LogP contribution in [-0.2, 0) is 6.54 Å². The van der Waals surface area contributed by atoms with Gasteiger partial charge in [-0.2, -0.15) is 0 Å². The molecule has 30 heavy (non-hydrogen) atoms. The predicted molar refractivity (Wildman–Crippen MR) is 115 cm³/mol. The number of hydrogen-bond donors (Lipinski definition) is 1. The standard InChI is InChI=1S/C24H31N3O3/c28-18-19-4-3-13-27(16-19)24(29)20-6-8-22(9-7-20)30-23-10-14-26(15-11-23)17-21-5-1-2-12-25-21/h1-2,5-9,12,19,23,28H,3-4,10-11,13-18H2/t19-/m1/s1. The number of nitrogens with zero attached hydrogens (tertiary/aromatic N) is 3. The van der Waals surface area contributed by atoms with Gasteiger partial charge in [-0.3, -0.25) is 14.7 Å². The van der Waals surface area contributed by atoms with Gasteiger partial charge in [0.15, 0.2) is 0 Å². The van der Waals surface area contributed by atoms with E-state index in [2.05, 4.69) is 16.0 Å². The molecule has 0 unspecified atom stereocenters. The largest absolute Gasteiger partial charge is 0.490 e. The number of likely N-dealkylation sites (tertiary alicyclic amines) is 2. The molecular formula is C24H31N3O3. The zero-order valence-electron chi connectivity index (χ0n) is 17.4. The third-order valence-corrected chi connectivity index (χ3v) is 6.11. The normalized spacial score (nSPS) is 20.8. The Labute approximate surface area is 178 Å². The highest BCUT2D eigenvalue weighted by Gasteiger charge is 2.24. The van der Waals surface area contributed by atoms with E-state index < -0.39 is 0 Å². The minimum absolute atomic E-state index is 0.0440. The van der Waals surface area contributed by atoms with Crippen LogP contribution in [0.25, 0.3) is 0 Å². The molecule has 2 aliphatic rings. The molecule has 3 heterocycles. The molecule has 2 saturated heterocycles. The van der Waals surface area contributed by atoms with Crippen LogP contribution in [0.4, 0.5) is 0 Å². The molecule has 1 N–H and O–H groups in total. The van der Waals surface area contributed by atoms with Gasteiger partial charge in [-0.05, 0) is 68.0 Å². The summed E-state index contributed by atoms with van der Waals surface area (Å²) in [6.45, 7) is 4.45. The van der Waals surface area contributed by atoms with Crippen LogP contribution >= 0.6 is 0 Å². The van der Waals surface area contributed by atoms with Crippen molar-refractivity contribution in [2.24, 2.45) is 5.92 Å². The van der Waals surface area contributed by atoms with E-state index in [1.54, 1.807) is 0 Å². The molecule has 6 heteroatoms. The van der Waals surface area contributed by atoms with Gasteiger partial charge >= 0.3 is 0 Å². The van der Waals surface area contributed by atoms with Crippen LogP contribution in [0.15, 0.2) is 48.7 Å². The summed E-state index contributed by atoms with van der Waals surface area (Å²) < 4.78 is 6.17. The molecule has 0 saturated carbocycles. The van der Waals surface area contributed by atoms with E-state index >= 15 is 0 Å². The quantitative estimate of drug-likeness (QED) is 0.795. The lowest BCUT2D eigenvalue weighted by molar-refractivity contribution is 0.0620. The molecule has 0 bridgehead atoms. The van der Waals surface area contributed by atoms with Crippen molar-refractivity contribution in [1.82, 2.24) is 14.8 Å². The fourth-order valence-corrected chi connectivity index (χ4v) is 4.36. The van der Waals surface area contributed by atoms with E-state index in [9.17, 15) is 9.90 Å². The number of aromatic nitrogens is 1. The first-order valence-corrected chi connectivity index (χ1v) is 11.0. The molecule has 2 aromatic rings. The Morgan fingerprint density at radius 3 is 2.57 bits per heavy atom. The van der Waals surface area contributed by atoms with Crippen molar-refractivity contribution in [1.29, 1.82) is 0 Å². The zero-order chi connectivity index (χ0) is 20.8. The third-order valence-electron chi connectivity index (χ3n) is 6.11. The van der Waals surface area contributed by atoms with E-state index in [1.807, 2.05) is 47.5 Å². The number of aliphatic hydroxyl groups excluding tert-OH is 1. The molecule has 0 aliphatic carbocycles. The SMILES string of the molecule is O=C(c1ccc(OC2CCN(Cc3ccccn3)CC2)cc1)N1CCC[C@@H](CO)C1. The van der Waals surface area contributed by atoms with Gasteiger partial charge in [-0.15, -0.1) is 0 Å². The summed E-state index contributed by atoms with van der Waals surface area (Å²) in [5, 5.41) is 9.38. The van der Waals surface area contributed by atoms with Crippen molar-refractivity contribution in [2.75, 3.05) is 32.8 Å². The van der Waals surface area contributed by atoms with Crippen molar-refractivity contribution < 1.29 is 14.6 Å². The fraction of sp³-hybridized carbons (Fsp3) is 0.500. The lowest BCUT2D eigenvalue weighted by Gasteiger charge is -2.32. The highest BCUT2D eigenvalue weighted by atomic mass is 16.5.